The molecule has 0 aromatic rings. The van der Waals surface area contributed by atoms with E-state index in [1.807, 2.05) is 0 Å². The van der Waals surface area contributed by atoms with Crippen molar-refractivity contribution in [2.45, 2.75) is 44.9 Å². The van der Waals surface area contributed by atoms with Crippen molar-refractivity contribution in [3.05, 3.63) is 12.2 Å². The van der Waals surface area contributed by atoms with Crippen molar-refractivity contribution in [2.75, 3.05) is 0 Å². The maximum absolute atomic E-state index is 11.1. The second-order valence-electron chi connectivity index (χ2n) is 5.43. The largest absolute Gasteiger partial charge is 0.303 e. The maximum Gasteiger partial charge on any atom is 0.126 e. The van der Waals surface area contributed by atoms with Gasteiger partial charge in [-0.25, -0.2) is 0 Å². The predicted molar refractivity (Wildman–Crippen MR) is 59.6 cm³/mol. The van der Waals surface area contributed by atoms with Gasteiger partial charge in [-0.2, -0.15) is 0 Å². The minimum Gasteiger partial charge on any atom is -0.303 e. The van der Waals surface area contributed by atoms with Gasteiger partial charge in [0.1, 0.15) is 6.29 Å². The Hall–Kier alpha value is -0.373. The number of hydrogen-bond donors (Lipinski definition) is 0. The summed E-state index contributed by atoms with van der Waals surface area (Å²) in [5.41, 5.74) is -0.000772. The molecule has 0 bridgehead atoms. The third-order valence-electron chi connectivity index (χ3n) is 2.63. The van der Waals surface area contributed by atoms with Gasteiger partial charge in [0, 0.05) is 13.5 Å². The number of carbonyl (C=O) groups is 1. The zero-order valence-electron chi connectivity index (χ0n) is 8.97. The molecule has 0 heterocycles. The van der Waals surface area contributed by atoms with Crippen LogP contribution in [0.25, 0.3) is 0 Å². The fourth-order valence-electron chi connectivity index (χ4n) is 2.27. The smallest absolute Gasteiger partial charge is 0.126 e. The summed E-state index contributed by atoms with van der Waals surface area (Å²) < 4.78 is 0. The standard InChI is InChI=1S/C11H20OSi/c1-13(2,3)10-11(9-12)7-5-4-6-8-11/h4-5,9H,6-8,10H2,1-3H3. The van der Waals surface area contributed by atoms with Crippen molar-refractivity contribution in [1.82, 2.24) is 0 Å². The van der Waals surface area contributed by atoms with Crippen molar-refractivity contribution >= 4 is 14.4 Å². The monoisotopic (exact) mass is 196 g/mol. The number of carbonyl (C=O) groups excluding carboxylic acids is 1. The molecule has 1 aliphatic rings. The Balaban J connectivity index is 2.70. The lowest BCUT2D eigenvalue weighted by molar-refractivity contribution is -0.115. The van der Waals surface area contributed by atoms with Gasteiger partial charge in [-0.3, -0.25) is 0 Å². The molecular formula is C11H20OSi. The second kappa shape index (κ2) is 3.78. The maximum atomic E-state index is 11.1. The molecule has 74 valence electrons. The Morgan fingerprint density at radius 2 is 2.08 bits per heavy atom. The molecule has 1 rings (SSSR count). The molecule has 0 N–H and O–H groups in total. The van der Waals surface area contributed by atoms with Gasteiger partial charge in [0.2, 0.25) is 0 Å². The van der Waals surface area contributed by atoms with E-state index in [0.29, 0.717) is 0 Å². The minimum absolute atomic E-state index is 0.000772. The Labute approximate surface area is 82.2 Å². The molecule has 2 heteroatoms. The first-order valence-corrected chi connectivity index (χ1v) is 8.80. The summed E-state index contributed by atoms with van der Waals surface area (Å²) in [6, 6.07) is 1.15. The normalized spacial score (nSPS) is 28.8. The first kappa shape index (κ1) is 10.7. The molecule has 0 aromatic heterocycles. The van der Waals surface area contributed by atoms with Crippen molar-refractivity contribution in [3.63, 3.8) is 0 Å². The van der Waals surface area contributed by atoms with Gasteiger partial charge < -0.3 is 4.79 Å². The van der Waals surface area contributed by atoms with Crippen LogP contribution >= 0.6 is 0 Å². The number of rotatable bonds is 3. The zero-order valence-corrected chi connectivity index (χ0v) is 9.97. The van der Waals surface area contributed by atoms with E-state index in [9.17, 15) is 4.79 Å². The van der Waals surface area contributed by atoms with Crippen LogP contribution in [-0.2, 0) is 4.79 Å². The van der Waals surface area contributed by atoms with Crippen LogP contribution in [0.15, 0.2) is 12.2 Å². The third-order valence-corrected chi connectivity index (χ3v) is 4.40. The molecule has 0 saturated heterocycles. The van der Waals surface area contributed by atoms with E-state index in [0.717, 1.165) is 25.3 Å². The van der Waals surface area contributed by atoms with Gasteiger partial charge >= 0.3 is 0 Å². The van der Waals surface area contributed by atoms with E-state index in [-0.39, 0.29) is 5.41 Å². The van der Waals surface area contributed by atoms with Crippen LogP contribution in [0, 0.1) is 5.41 Å². The van der Waals surface area contributed by atoms with Gasteiger partial charge in [-0.05, 0) is 25.3 Å². The number of allylic oxidation sites excluding steroid dienone is 2. The Morgan fingerprint density at radius 1 is 1.38 bits per heavy atom. The summed E-state index contributed by atoms with van der Waals surface area (Å²) in [5, 5.41) is 0. The summed E-state index contributed by atoms with van der Waals surface area (Å²) >= 11 is 0. The van der Waals surface area contributed by atoms with E-state index in [1.54, 1.807) is 0 Å². The summed E-state index contributed by atoms with van der Waals surface area (Å²) in [5.74, 6) is 0. The lowest BCUT2D eigenvalue weighted by Gasteiger charge is -2.34. The molecule has 0 amide bonds. The number of hydrogen-bond acceptors (Lipinski definition) is 1. The molecule has 0 spiro atoms. The molecule has 13 heavy (non-hydrogen) atoms. The van der Waals surface area contributed by atoms with Crippen molar-refractivity contribution in [3.8, 4) is 0 Å². The van der Waals surface area contributed by atoms with Crippen molar-refractivity contribution in [1.29, 1.82) is 0 Å². The average Bonchev–Trinajstić information content (AvgIpc) is 2.03. The fourth-order valence-corrected chi connectivity index (χ4v) is 4.79. The van der Waals surface area contributed by atoms with Crippen LogP contribution in [0.3, 0.4) is 0 Å². The van der Waals surface area contributed by atoms with Gasteiger partial charge in [0.15, 0.2) is 0 Å². The van der Waals surface area contributed by atoms with Crippen LogP contribution in [0.1, 0.15) is 19.3 Å². The molecule has 0 saturated carbocycles. The third kappa shape index (κ3) is 3.11. The van der Waals surface area contributed by atoms with Crippen molar-refractivity contribution < 1.29 is 4.79 Å². The highest BCUT2D eigenvalue weighted by atomic mass is 28.3. The lowest BCUT2D eigenvalue weighted by atomic mass is 9.80. The molecule has 0 aromatic carbocycles. The van der Waals surface area contributed by atoms with Gasteiger partial charge in [-0.1, -0.05) is 31.8 Å². The van der Waals surface area contributed by atoms with Gasteiger partial charge in [0.25, 0.3) is 0 Å². The summed E-state index contributed by atoms with van der Waals surface area (Å²) in [6.45, 7) is 7.03. The van der Waals surface area contributed by atoms with Gasteiger partial charge in [-0.15, -0.1) is 0 Å². The molecule has 1 aliphatic carbocycles. The molecule has 1 nitrogen and oxygen atoms in total. The zero-order chi connectivity index (χ0) is 9.95. The highest BCUT2D eigenvalue weighted by Gasteiger charge is 2.34. The van der Waals surface area contributed by atoms with Crippen molar-refractivity contribution in [2.24, 2.45) is 5.41 Å². The molecule has 0 aliphatic heterocycles. The second-order valence-corrected chi connectivity index (χ2v) is 10.9. The van der Waals surface area contributed by atoms with E-state index < -0.39 is 8.07 Å². The predicted octanol–water partition coefficient (Wildman–Crippen LogP) is 3.25. The molecule has 1 unspecified atom stereocenters. The van der Waals surface area contributed by atoms with E-state index in [4.69, 9.17) is 0 Å². The average molecular weight is 196 g/mol. The van der Waals surface area contributed by atoms with Crippen LogP contribution < -0.4 is 0 Å². The van der Waals surface area contributed by atoms with E-state index in [1.165, 1.54) is 6.29 Å². The minimum atomic E-state index is -1.10. The summed E-state index contributed by atoms with van der Waals surface area (Å²) in [6.07, 6.45) is 8.72. The van der Waals surface area contributed by atoms with E-state index >= 15 is 0 Å². The Kier molecular flexibility index (Phi) is 3.12. The van der Waals surface area contributed by atoms with Crippen LogP contribution in [0.4, 0.5) is 0 Å². The number of aldehydes is 1. The fraction of sp³-hybridized carbons (Fsp3) is 0.727. The molecule has 0 radical (unpaired) electrons. The molecular weight excluding hydrogens is 176 g/mol. The summed E-state index contributed by atoms with van der Waals surface area (Å²) in [7, 11) is -1.10. The van der Waals surface area contributed by atoms with Crippen LogP contribution in [0.5, 0.6) is 0 Å². The lowest BCUT2D eigenvalue weighted by Crippen LogP contribution is -2.34. The molecule has 1 atom stereocenters. The van der Waals surface area contributed by atoms with Crippen LogP contribution in [0.2, 0.25) is 25.7 Å². The van der Waals surface area contributed by atoms with Crippen LogP contribution in [-0.4, -0.2) is 14.4 Å². The first-order chi connectivity index (χ1) is 5.97. The SMILES string of the molecule is C[Si](C)(C)CC1(C=O)CC=CCC1. The first-order valence-electron chi connectivity index (χ1n) is 5.09. The summed E-state index contributed by atoms with van der Waals surface area (Å²) in [4.78, 5) is 11.1. The van der Waals surface area contributed by atoms with E-state index in [2.05, 4.69) is 31.8 Å². The quantitative estimate of drug-likeness (QED) is 0.385. The highest BCUT2D eigenvalue weighted by molar-refractivity contribution is 6.76. The molecule has 0 fully saturated rings. The highest BCUT2D eigenvalue weighted by Crippen LogP contribution is 2.38. The van der Waals surface area contributed by atoms with Gasteiger partial charge in [0.05, 0.1) is 0 Å². The Bertz CT molecular complexity index is 215. The topological polar surface area (TPSA) is 17.1 Å². The Morgan fingerprint density at radius 3 is 2.46 bits per heavy atom.